The highest BCUT2D eigenvalue weighted by atomic mass is 19.3. The van der Waals surface area contributed by atoms with E-state index in [1.165, 1.54) is 0 Å². The van der Waals surface area contributed by atoms with Crippen molar-refractivity contribution in [3.8, 4) is 0 Å². The van der Waals surface area contributed by atoms with Gasteiger partial charge in [-0.1, -0.05) is 20.1 Å². The molecule has 0 aliphatic rings. The van der Waals surface area contributed by atoms with E-state index < -0.39 is 6.61 Å². The summed E-state index contributed by atoms with van der Waals surface area (Å²) in [4.78, 5) is 3.72. The summed E-state index contributed by atoms with van der Waals surface area (Å²) in [5.74, 6) is -0.167. The van der Waals surface area contributed by atoms with Gasteiger partial charge in [-0.15, -0.1) is 0 Å². The van der Waals surface area contributed by atoms with Crippen LogP contribution in [-0.2, 0) is 4.74 Å². The number of ether oxygens (including phenoxy) is 1. The first-order chi connectivity index (χ1) is 5.56. The van der Waals surface area contributed by atoms with Crippen LogP contribution < -0.4 is 0 Å². The SMILES string of the molecule is C=C(CC)N=CC(=C)OC(F)F. The predicted molar refractivity (Wildman–Crippen MR) is 44.2 cm³/mol. The molecule has 0 N–H and O–H groups in total. The quantitative estimate of drug-likeness (QED) is 0.465. The van der Waals surface area contributed by atoms with Crippen LogP contribution in [0.2, 0.25) is 0 Å². The summed E-state index contributed by atoms with van der Waals surface area (Å²) in [7, 11) is 0. The maximum absolute atomic E-state index is 11.5. The zero-order valence-corrected chi connectivity index (χ0v) is 6.89. The van der Waals surface area contributed by atoms with Gasteiger partial charge in [0.2, 0.25) is 0 Å². The molecule has 0 heterocycles. The third-order valence-corrected chi connectivity index (χ3v) is 1.04. The zero-order valence-electron chi connectivity index (χ0n) is 6.89. The molecule has 0 aromatic heterocycles. The summed E-state index contributed by atoms with van der Waals surface area (Å²) in [6.07, 6.45) is 1.79. The fraction of sp³-hybridized carbons (Fsp3) is 0.375. The molecular weight excluding hydrogens is 164 g/mol. The van der Waals surface area contributed by atoms with E-state index in [1.54, 1.807) is 0 Å². The standard InChI is InChI=1S/C8H11F2NO/c1-4-6(2)11-5-7(3)12-8(9)10/h5,8H,2-4H2,1H3. The van der Waals surface area contributed by atoms with Crippen LogP contribution >= 0.6 is 0 Å². The Kier molecular flexibility index (Phi) is 4.92. The molecule has 0 saturated carbocycles. The third kappa shape index (κ3) is 5.58. The van der Waals surface area contributed by atoms with E-state index in [1.807, 2.05) is 6.92 Å². The van der Waals surface area contributed by atoms with Gasteiger partial charge in [0.05, 0.1) is 6.21 Å². The normalized spacial score (nSPS) is 10.7. The topological polar surface area (TPSA) is 21.6 Å². The van der Waals surface area contributed by atoms with Crippen molar-refractivity contribution >= 4 is 6.21 Å². The Morgan fingerprint density at radius 3 is 2.58 bits per heavy atom. The lowest BCUT2D eigenvalue weighted by Gasteiger charge is -2.01. The lowest BCUT2D eigenvalue weighted by atomic mass is 10.4. The van der Waals surface area contributed by atoms with Crippen molar-refractivity contribution < 1.29 is 13.5 Å². The summed E-state index contributed by atoms with van der Waals surface area (Å²) in [5.41, 5.74) is 0.592. The molecule has 0 atom stereocenters. The number of nitrogens with zero attached hydrogens (tertiary/aromatic N) is 1. The summed E-state index contributed by atoms with van der Waals surface area (Å²) in [6.45, 7) is 5.76. The molecule has 0 unspecified atom stereocenters. The minimum atomic E-state index is -2.85. The van der Waals surface area contributed by atoms with Gasteiger partial charge in [0.15, 0.2) is 0 Å². The van der Waals surface area contributed by atoms with Gasteiger partial charge in [-0.05, 0) is 6.42 Å². The van der Waals surface area contributed by atoms with E-state index in [0.717, 1.165) is 6.21 Å². The Balaban J connectivity index is 3.83. The van der Waals surface area contributed by atoms with Crippen LogP contribution in [0.4, 0.5) is 8.78 Å². The number of hydrogen-bond donors (Lipinski definition) is 0. The zero-order chi connectivity index (χ0) is 9.56. The van der Waals surface area contributed by atoms with Crippen molar-refractivity contribution in [2.24, 2.45) is 4.99 Å². The first-order valence-electron chi connectivity index (χ1n) is 3.41. The summed E-state index contributed by atoms with van der Waals surface area (Å²) in [5, 5.41) is 0. The molecule has 12 heavy (non-hydrogen) atoms. The van der Waals surface area contributed by atoms with E-state index in [-0.39, 0.29) is 5.76 Å². The lowest BCUT2D eigenvalue weighted by Crippen LogP contribution is -1.98. The molecule has 0 bridgehead atoms. The Labute approximate surface area is 70.3 Å². The van der Waals surface area contributed by atoms with Crippen molar-refractivity contribution in [2.75, 3.05) is 0 Å². The minimum Gasteiger partial charge on any atom is -0.434 e. The third-order valence-electron chi connectivity index (χ3n) is 1.04. The van der Waals surface area contributed by atoms with Crippen molar-refractivity contribution in [3.05, 3.63) is 24.6 Å². The molecule has 2 nitrogen and oxygen atoms in total. The molecule has 4 heteroatoms. The van der Waals surface area contributed by atoms with Crippen LogP contribution in [0, 0.1) is 0 Å². The smallest absolute Gasteiger partial charge is 0.387 e. The fourth-order valence-electron chi connectivity index (χ4n) is 0.399. The first kappa shape index (κ1) is 10.8. The van der Waals surface area contributed by atoms with Gasteiger partial charge in [-0.25, -0.2) is 0 Å². The van der Waals surface area contributed by atoms with E-state index in [2.05, 4.69) is 22.9 Å². The molecule has 0 saturated heterocycles. The maximum atomic E-state index is 11.5. The van der Waals surface area contributed by atoms with Gasteiger partial charge in [0.1, 0.15) is 5.76 Å². The molecule has 0 aliphatic carbocycles. The molecule has 0 amide bonds. The summed E-state index contributed by atoms with van der Waals surface area (Å²) < 4.78 is 27.0. The monoisotopic (exact) mass is 175 g/mol. The molecular formula is C8H11F2NO. The van der Waals surface area contributed by atoms with Crippen LogP contribution in [0.3, 0.4) is 0 Å². The highest BCUT2D eigenvalue weighted by Gasteiger charge is 2.01. The second-order valence-corrected chi connectivity index (χ2v) is 2.02. The maximum Gasteiger partial charge on any atom is 0.387 e. The van der Waals surface area contributed by atoms with Gasteiger partial charge >= 0.3 is 6.61 Å². The molecule has 0 rings (SSSR count). The van der Waals surface area contributed by atoms with Crippen molar-refractivity contribution in [3.63, 3.8) is 0 Å². The summed E-state index contributed by atoms with van der Waals surface area (Å²) >= 11 is 0. The molecule has 68 valence electrons. The second kappa shape index (κ2) is 5.46. The Morgan fingerprint density at radius 1 is 1.58 bits per heavy atom. The molecule has 0 aromatic rings. The largest absolute Gasteiger partial charge is 0.434 e. The molecule has 0 aromatic carbocycles. The van der Waals surface area contributed by atoms with E-state index in [9.17, 15) is 8.78 Å². The number of hydrogen-bond acceptors (Lipinski definition) is 2. The second-order valence-electron chi connectivity index (χ2n) is 2.02. The highest BCUT2D eigenvalue weighted by Crippen LogP contribution is 2.03. The van der Waals surface area contributed by atoms with Crippen molar-refractivity contribution in [1.82, 2.24) is 0 Å². The van der Waals surface area contributed by atoms with Crippen LogP contribution in [0.15, 0.2) is 29.6 Å². The number of aliphatic imine (C=N–C) groups is 1. The van der Waals surface area contributed by atoms with E-state index >= 15 is 0 Å². The average molecular weight is 175 g/mol. The highest BCUT2D eigenvalue weighted by molar-refractivity contribution is 5.75. The Morgan fingerprint density at radius 2 is 2.17 bits per heavy atom. The first-order valence-corrected chi connectivity index (χ1v) is 3.41. The van der Waals surface area contributed by atoms with Gasteiger partial charge in [0, 0.05) is 5.70 Å². The van der Waals surface area contributed by atoms with Crippen LogP contribution in [0.25, 0.3) is 0 Å². The number of halogens is 2. The van der Waals surface area contributed by atoms with E-state index in [4.69, 9.17) is 0 Å². The van der Waals surface area contributed by atoms with Gasteiger partial charge < -0.3 is 4.74 Å². The number of alkyl halides is 2. The van der Waals surface area contributed by atoms with Gasteiger partial charge in [-0.2, -0.15) is 8.78 Å². The summed E-state index contributed by atoms with van der Waals surface area (Å²) in [6, 6.07) is 0. The fourth-order valence-corrected chi connectivity index (χ4v) is 0.399. The van der Waals surface area contributed by atoms with Crippen molar-refractivity contribution in [1.29, 1.82) is 0 Å². The van der Waals surface area contributed by atoms with E-state index in [0.29, 0.717) is 12.1 Å². The molecule has 0 spiro atoms. The van der Waals surface area contributed by atoms with Gasteiger partial charge in [0.25, 0.3) is 0 Å². The number of rotatable bonds is 5. The van der Waals surface area contributed by atoms with Crippen LogP contribution in [-0.4, -0.2) is 12.8 Å². The lowest BCUT2D eigenvalue weighted by molar-refractivity contribution is -0.0887. The molecule has 0 aliphatic heterocycles. The molecule has 0 fully saturated rings. The van der Waals surface area contributed by atoms with Crippen LogP contribution in [0.5, 0.6) is 0 Å². The predicted octanol–water partition coefficient (Wildman–Crippen LogP) is 2.73. The number of allylic oxidation sites excluding steroid dienone is 2. The van der Waals surface area contributed by atoms with Crippen LogP contribution in [0.1, 0.15) is 13.3 Å². The van der Waals surface area contributed by atoms with Crippen molar-refractivity contribution in [2.45, 2.75) is 20.0 Å². The molecule has 0 radical (unpaired) electrons. The average Bonchev–Trinajstić information content (AvgIpc) is 1.99. The minimum absolute atomic E-state index is 0.167. The van der Waals surface area contributed by atoms with Gasteiger partial charge in [-0.3, -0.25) is 4.99 Å². The Hall–Kier alpha value is -1.19. The Bertz CT molecular complexity index is 199.